The molecule has 0 bridgehead atoms. The number of amides is 1. The van der Waals surface area contributed by atoms with Gasteiger partial charge in [-0.25, -0.2) is 0 Å². The molecule has 1 aromatic rings. The molecule has 0 spiro atoms. The van der Waals surface area contributed by atoms with E-state index in [0.717, 1.165) is 43.6 Å². The molecule has 0 saturated heterocycles. The van der Waals surface area contributed by atoms with E-state index in [-0.39, 0.29) is 5.91 Å². The van der Waals surface area contributed by atoms with Crippen LogP contribution in [0.15, 0.2) is 12.2 Å². The number of nitrogens with zero attached hydrogens (tertiary/aromatic N) is 2. The minimum atomic E-state index is 0.266. The molecule has 1 atom stereocenters. The van der Waals surface area contributed by atoms with Crippen LogP contribution in [-0.2, 0) is 11.2 Å². The van der Waals surface area contributed by atoms with Gasteiger partial charge in [-0.05, 0) is 51.0 Å². The fraction of sp³-hybridized carbons (Fsp3) is 0.625. The second kappa shape index (κ2) is 6.73. The molecule has 4 nitrogen and oxygen atoms in total. The van der Waals surface area contributed by atoms with Crippen LogP contribution in [0.2, 0.25) is 0 Å². The molecule has 1 amide bonds. The Morgan fingerprint density at radius 1 is 1.50 bits per heavy atom. The first-order valence-corrected chi connectivity index (χ1v) is 7.49. The van der Waals surface area contributed by atoms with E-state index in [2.05, 4.69) is 29.3 Å². The Morgan fingerprint density at radius 3 is 2.90 bits per heavy atom. The molecule has 4 heteroatoms. The number of carbonyl (C=O) groups excluding carboxylic acids is 1. The average Bonchev–Trinajstić information content (AvgIpc) is 3.02. The van der Waals surface area contributed by atoms with Crippen LogP contribution in [0.1, 0.15) is 42.6 Å². The quantitative estimate of drug-likeness (QED) is 0.812. The van der Waals surface area contributed by atoms with Crippen LogP contribution in [-0.4, -0.2) is 34.6 Å². The third-order valence-corrected chi connectivity index (χ3v) is 4.18. The van der Waals surface area contributed by atoms with Crippen molar-refractivity contribution < 1.29 is 4.79 Å². The Kier molecular flexibility index (Phi) is 4.99. The minimum Gasteiger partial charge on any atom is -0.346 e. The van der Waals surface area contributed by atoms with E-state index in [1.165, 1.54) is 5.56 Å². The summed E-state index contributed by atoms with van der Waals surface area (Å²) in [5.74, 6) is 0.727. The summed E-state index contributed by atoms with van der Waals surface area (Å²) >= 11 is 0. The standard InChI is InChI=1S/C16H25N3O/c1-12-15(13(2)18-17-12)9-6-10-19(3)16(20)11-14-7-4-5-8-14/h4,7,14H,5-6,8-11H2,1-3H3,(H,17,18)/t14-/m0/s1. The normalized spacial score (nSPS) is 17.6. The topological polar surface area (TPSA) is 49.0 Å². The molecule has 1 aliphatic rings. The summed E-state index contributed by atoms with van der Waals surface area (Å²) in [4.78, 5) is 14.0. The first-order chi connectivity index (χ1) is 9.58. The lowest BCUT2D eigenvalue weighted by Crippen LogP contribution is -2.29. The number of nitrogens with one attached hydrogen (secondary N) is 1. The van der Waals surface area contributed by atoms with E-state index in [1.807, 2.05) is 18.9 Å². The van der Waals surface area contributed by atoms with Crippen molar-refractivity contribution >= 4 is 5.91 Å². The maximum Gasteiger partial charge on any atom is 0.222 e. The van der Waals surface area contributed by atoms with Crippen LogP contribution in [0.4, 0.5) is 0 Å². The minimum absolute atomic E-state index is 0.266. The van der Waals surface area contributed by atoms with Crippen LogP contribution in [0.3, 0.4) is 0 Å². The average molecular weight is 275 g/mol. The van der Waals surface area contributed by atoms with Gasteiger partial charge >= 0.3 is 0 Å². The third kappa shape index (κ3) is 3.71. The molecule has 0 radical (unpaired) electrons. The fourth-order valence-electron chi connectivity index (χ4n) is 2.81. The van der Waals surface area contributed by atoms with Gasteiger partial charge in [-0.3, -0.25) is 9.89 Å². The predicted molar refractivity (Wildman–Crippen MR) is 80.5 cm³/mol. The van der Waals surface area contributed by atoms with E-state index in [9.17, 15) is 4.79 Å². The Hall–Kier alpha value is -1.58. The van der Waals surface area contributed by atoms with Crippen LogP contribution in [0.5, 0.6) is 0 Å². The van der Waals surface area contributed by atoms with Crippen LogP contribution in [0.25, 0.3) is 0 Å². The smallest absolute Gasteiger partial charge is 0.222 e. The number of hydrogen-bond acceptors (Lipinski definition) is 2. The second-order valence-electron chi connectivity index (χ2n) is 5.80. The summed E-state index contributed by atoms with van der Waals surface area (Å²) < 4.78 is 0. The molecule has 0 saturated carbocycles. The van der Waals surface area contributed by atoms with Crippen LogP contribution >= 0.6 is 0 Å². The maximum atomic E-state index is 12.1. The molecule has 0 fully saturated rings. The van der Waals surface area contributed by atoms with Gasteiger partial charge in [-0.1, -0.05) is 12.2 Å². The third-order valence-electron chi connectivity index (χ3n) is 4.18. The number of aryl methyl sites for hydroxylation is 2. The van der Waals surface area contributed by atoms with Gasteiger partial charge in [-0.2, -0.15) is 5.10 Å². The Morgan fingerprint density at radius 2 is 2.30 bits per heavy atom. The summed E-state index contributed by atoms with van der Waals surface area (Å²) in [6, 6.07) is 0. The first-order valence-electron chi connectivity index (χ1n) is 7.49. The van der Waals surface area contributed by atoms with E-state index < -0.39 is 0 Å². The van der Waals surface area contributed by atoms with Gasteiger partial charge in [0.25, 0.3) is 0 Å². The van der Waals surface area contributed by atoms with Crippen molar-refractivity contribution in [3.05, 3.63) is 29.1 Å². The van der Waals surface area contributed by atoms with Gasteiger partial charge in [0.1, 0.15) is 0 Å². The van der Waals surface area contributed by atoms with Gasteiger partial charge in [0.15, 0.2) is 0 Å². The highest BCUT2D eigenvalue weighted by atomic mass is 16.2. The van der Waals surface area contributed by atoms with Crippen molar-refractivity contribution in [2.45, 2.75) is 46.0 Å². The number of aromatic amines is 1. The summed E-state index contributed by atoms with van der Waals surface area (Å²) in [7, 11) is 1.91. The molecule has 20 heavy (non-hydrogen) atoms. The maximum absolute atomic E-state index is 12.1. The van der Waals surface area contributed by atoms with Crippen molar-refractivity contribution in [3.8, 4) is 0 Å². The van der Waals surface area contributed by atoms with E-state index in [4.69, 9.17) is 0 Å². The number of aromatic nitrogens is 2. The molecule has 0 aromatic carbocycles. The summed E-state index contributed by atoms with van der Waals surface area (Å²) in [5.41, 5.74) is 3.52. The van der Waals surface area contributed by atoms with E-state index in [0.29, 0.717) is 12.3 Å². The number of hydrogen-bond donors (Lipinski definition) is 1. The molecular formula is C16H25N3O. The number of allylic oxidation sites excluding steroid dienone is 2. The zero-order valence-corrected chi connectivity index (χ0v) is 12.8. The summed E-state index contributed by atoms with van der Waals surface area (Å²) in [6.45, 7) is 4.90. The lowest BCUT2D eigenvalue weighted by atomic mass is 10.0. The Labute approximate surface area is 121 Å². The Bertz CT molecular complexity index is 470. The van der Waals surface area contributed by atoms with Crippen LogP contribution in [0, 0.1) is 19.8 Å². The van der Waals surface area contributed by atoms with Crippen molar-refractivity contribution in [1.82, 2.24) is 15.1 Å². The predicted octanol–water partition coefficient (Wildman–Crippen LogP) is 2.77. The van der Waals surface area contributed by atoms with E-state index >= 15 is 0 Å². The fourth-order valence-corrected chi connectivity index (χ4v) is 2.81. The molecular weight excluding hydrogens is 250 g/mol. The van der Waals surface area contributed by atoms with Crippen molar-refractivity contribution in [2.75, 3.05) is 13.6 Å². The largest absolute Gasteiger partial charge is 0.346 e. The molecule has 1 aliphatic carbocycles. The molecule has 1 heterocycles. The molecule has 2 rings (SSSR count). The highest BCUT2D eigenvalue weighted by molar-refractivity contribution is 5.76. The molecule has 110 valence electrons. The highest BCUT2D eigenvalue weighted by Crippen LogP contribution is 2.21. The zero-order chi connectivity index (χ0) is 14.5. The number of rotatable bonds is 6. The zero-order valence-electron chi connectivity index (χ0n) is 12.8. The second-order valence-corrected chi connectivity index (χ2v) is 5.80. The summed E-state index contributed by atoms with van der Waals surface area (Å²) in [6.07, 6.45) is 9.26. The number of H-pyrrole nitrogens is 1. The van der Waals surface area contributed by atoms with Gasteiger partial charge in [0.2, 0.25) is 5.91 Å². The molecule has 0 aliphatic heterocycles. The van der Waals surface area contributed by atoms with Crippen LogP contribution < -0.4 is 0 Å². The van der Waals surface area contributed by atoms with Gasteiger partial charge < -0.3 is 4.90 Å². The monoisotopic (exact) mass is 275 g/mol. The van der Waals surface area contributed by atoms with Gasteiger partial charge in [0.05, 0.1) is 5.69 Å². The SMILES string of the molecule is Cc1n[nH]c(C)c1CCCN(C)C(=O)C[C@H]1C=CCC1. The van der Waals surface area contributed by atoms with Crippen molar-refractivity contribution in [1.29, 1.82) is 0 Å². The van der Waals surface area contributed by atoms with Crippen molar-refractivity contribution in [3.63, 3.8) is 0 Å². The molecule has 0 unspecified atom stereocenters. The highest BCUT2D eigenvalue weighted by Gasteiger charge is 2.17. The summed E-state index contributed by atoms with van der Waals surface area (Å²) in [5, 5.41) is 7.21. The lowest BCUT2D eigenvalue weighted by molar-refractivity contribution is -0.130. The first kappa shape index (κ1) is 14.8. The number of carbonyl (C=O) groups is 1. The Balaban J connectivity index is 1.73. The van der Waals surface area contributed by atoms with Crippen molar-refractivity contribution in [2.24, 2.45) is 5.92 Å². The molecule has 1 N–H and O–H groups in total. The molecule has 1 aromatic heterocycles. The van der Waals surface area contributed by atoms with Gasteiger partial charge in [0, 0.05) is 25.7 Å². The van der Waals surface area contributed by atoms with Gasteiger partial charge in [-0.15, -0.1) is 0 Å². The lowest BCUT2D eigenvalue weighted by Gasteiger charge is -2.18. The van der Waals surface area contributed by atoms with E-state index in [1.54, 1.807) is 0 Å².